The minimum absolute atomic E-state index is 0. The van der Waals surface area contributed by atoms with Crippen LogP contribution < -0.4 is 130 Å². The summed E-state index contributed by atoms with van der Waals surface area (Å²) in [6.07, 6.45) is 4.83. The number of nitrogens with zero attached hydrogens (tertiary/aromatic N) is 2. The van der Waals surface area contributed by atoms with Crippen LogP contribution in [0.25, 0.3) is 0 Å². The first kappa shape index (κ1) is 50.4. The number of aryl methyl sites for hydroxylation is 1. The molecule has 3 aromatic carbocycles. The fraction of sp³-hybridized carbons (Fsp3) is 0.0556. The van der Waals surface area contributed by atoms with Crippen molar-refractivity contribution in [2.45, 2.75) is 6.92 Å². The normalized spacial score (nSPS) is 14.5. The van der Waals surface area contributed by atoms with E-state index in [1.807, 2.05) is 0 Å². The van der Waals surface area contributed by atoms with Crippen LogP contribution in [0.3, 0.4) is 0 Å². The fourth-order valence-electron chi connectivity index (χ4n) is 4.92. The largest absolute Gasteiger partial charge is 1.00 e. The number of ketones is 2. The van der Waals surface area contributed by atoms with Crippen LogP contribution in [0.5, 0.6) is 5.75 Å². The molecule has 3 aromatic rings. The van der Waals surface area contributed by atoms with Crippen LogP contribution in [0.4, 0.5) is 33.2 Å². The molecule has 0 radical (unpaired) electrons. The van der Waals surface area contributed by atoms with Crippen LogP contribution in [0.1, 0.15) is 15.9 Å². The summed E-state index contributed by atoms with van der Waals surface area (Å²) in [7, 11) is -4.02. The Morgan fingerprint density at radius 1 is 0.695 bits per heavy atom. The van der Waals surface area contributed by atoms with Crippen LogP contribution in [0, 0.1) is 6.92 Å². The Labute approximate surface area is 401 Å². The molecule has 23 heteroatoms. The molecule has 0 bridgehead atoms. The first-order valence-corrected chi connectivity index (χ1v) is 17.2. The van der Waals surface area contributed by atoms with Gasteiger partial charge in [-0.25, -0.2) is 13.2 Å². The second-order valence-corrected chi connectivity index (χ2v) is 12.9. The Balaban J connectivity index is 0.00000400. The van der Waals surface area contributed by atoms with E-state index in [2.05, 4.69) is 37.0 Å². The number of ether oxygens (including phenoxy) is 1. The van der Waals surface area contributed by atoms with Crippen molar-refractivity contribution < 1.29 is 145 Å². The molecule has 19 nitrogen and oxygen atoms in total. The summed E-state index contributed by atoms with van der Waals surface area (Å²) in [5.41, 5.74) is 5.76. The van der Waals surface area contributed by atoms with Gasteiger partial charge in [0.2, 0.25) is 5.78 Å². The average molecular weight is 850 g/mol. The van der Waals surface area contributed by atoms with Crippen LogP contribution in [0.2, 0.25) is 0 Å². The molecular formula is C36H26N7Na3O12S. The molecule has 0 spiro atoms. The van der Waals surface area contributed by atoms with Crippen molar-refractivity contribution in [3.05, 3.63) is 118 Å². The number of hydrogen-bond acceptors (Lipinski definition) is 16. The van der Waals surface area contributed by atoms with Crippen LogP contribution in [-0.4, -0.2) is 66.9 Å². The smallest absolute Gasteiger partial charge is 0.744 e. The Morgan fingerprint density at radius 3 is 1.93 bits per heavy atom. The number of hydrogen-bond donors (Lipinski definition) is 5. The molecule has 0 aromatic heterocycles. The first-order valence-electron chi connectivity index (χ1n) is 15.8. The zero-order valence-corrected chi connectivity index (χ0v) is 38.7. The molecule has 3 amide bonds. The van der Waals surface area contributed by atoms with E-state index in [1.165, 1.54) is 37.5 Å². The number of urea groups is 1. The van der Waals surface area contributed by atoms with E-state index in [1.54, 1.807) is 43.3 Å². The van der Waals surface area contributed by atoms with Crippen LogP contribution >= 0.6 is 0 Å². The monoisotopic (exact) mass is 849 g/mol. The third kappa shape index (κ3) is 13.4. The molecular weight excluding hydrogens is 823 g/mol. The number of amides is 3. The summed E-state index contributed by atoms with van der Waals surface area (Å²) in [5.74, 6) is -6.29. The summed E-state index contributed by atoms with van der Waals surface area (Å²) < 4.78 is 39.9. The van der Waals surface area contributed by atoms with Crippen molar-refractivity contribution in [3.63, 3.8) is 0 Å². The van der Waals surface area contributed by atoms with Crippen LogP contribution in [0.15, 0.2) is 117 Å². The summed E-state index contributed by atoms with van der Waals surface area (Å²) in [6, 6.07) is 14.6. The topological polar surface area (TPSA) is 300 Å². The minimum atomic E-state index is -5.34. The van der Waals surface area contributed by atoms with E-state index >= 15 is 0 Å². The van der Waals surface area contributed by atoms with Gasteiger partial charge in [0.15, 0.2) is 5.78 Å². The van der Waals surface area contributed by atoms with Gasteiger partial charge in [0.05, 0.1) is 47.5 Å². The van der Waals surface area contributed by atoms with Crippen molar-refractivity contribution in [1.29, 1.82) is 0 Å². The molecule has 0 aliphatic heterocycles. The zero-order chi connectivity index (χ0) is 40.7. The van der Waals surface area contributed by atoms with Crippen molar-refractivity contribution >= 4 is 85.4 Å². The second kappa shape index (κ2) is 22.1. The zero-order valence-electron chi connectivity index (χ0n) is 31.9. The van der Waals surface area contributed by atoms with Gasteiger partial charge < -0.3 is 45.0 Å². The predicted molar refractivity (Wildman–Crippen MR) is 196 cm³/mol. The third-order valence-electron chi connectivity index (χ3n) is 7.65. The first-order chi connectivity index (χ1) is 26.5. The van der Waals surface area contributed by atoms with Crippen molar-refractivity contribution in [2.24, 2.45) is 10.2 Å². The quantitative estimate of drug-likeness (QED) is 0.0372. The molecule has 0 heterocycles. The number of rotatable bonds is 12. The Morgan fingerprint density at radius 2 is 1.31 bits per heavy atom. The molecule has 286 valence electrons. The fourth-order valence-corrected chi connectivity index (χ4v) is 5.52. The summed E-state index contributed by atoms with van der Waals surface area (Å²) >= 11 is 0. The minimum Gasteiger partial charge on any atom is -0.744 e. The maximum absolute atomic E-state index is 13.2. The van der Waals surface area contributed by atoms with E-state index in [4.69, 9.17) is 4.74 Å². The van der Waals surface area contributed by atoms with Gasteiger partial charge in [-0.3, -0.25) is 25.2 Å². The van der Waals surface area contributed by atoms with E-state index in [0.717, 1.165) is 18.2 Å². The molecule has 2 aliphatic carbocycles. The average Bonchev–Trinajstić information content (AvgIpc) is 3.14. The van der Waals surface area contributed by atoms with Crippen molar-refractivity contribution in [2.75, 3.05) is 33.9 Å². The maximum Gasteiger partial charge on any atom is 1.00 e. The van der Waals surface area contributed by atoms with Gasteiger partial charge in [-0.1, -0.05) is 6.07 Å². The molecule has 0 saturated carbocycles. The van der Waals surface area contributed by atoms with Gasteiger partial charge >= 0.3 is 94.7 Å². The van der Waals surface area contributed by atoms with Gasteiger partial charge in [-0.05, 0) is 91.4 Å². The van der Waals surface area contributed by atoms with Gasteiger partial charge in [0.25, 0.3) is 5.91 Å². The van der Waals surface area contributed by atoms with E-state index < -0.39 is 61.6 Å². The number of anilines is 5. The SMILES string of the molecule is COc1cc(N/N=C2\C=C(C(=O)[O-])C(=O)C(S(=O)(=O)[O-])=C2)c(C)cc1NC(=O)c1cccc(NC(=O)Nc2ccc(N/N=C3\C=CC(=O)C(C(=O)[O-])=C3)cc2)c1.[Na+].[Na+].[Na+]. The number of Topliss-reactive ketones (excluding diaryl/α,β-unsaturated/α-hetero) is 1. The molecule has 0 saturated heterocycles. The summed E-state index contributed by atoms with van der Waals surface area (Å²) in [5, 5.41) is 38.3. The predicted octanol–water partition coefficient (Wildman–Crippen LogP) is -8.05. The van der Waals surface area contributed by atoms with E-state index in [9.17, 15) is 52.0 Å². The maximum atomic E-state index is 13.2. The Kier molecular flexibility index (Phi) is 18.8. The number of benzene rings is 3. The van der Waals surface area contributed by atoms with Gasteiger partial charge in [0, 0.05) is 34.2 Å². The molecule has 5 N–H and O–H groups in total. The van der Waals surface area contributed by atoms with E-state index in [-0.39, 0.29) is 128 Å². The molecule has 0 fully saturated rings. The Bertz CT molecular complexity index is 2520. The molecule has 0 unspecified atom stereocenters. The number of aliphatic carboxylic acids is 2. The number of nitrogens with one attached hydrogen (secondary N) is 5. The van der Waals surface area contributed by atoms with Crippen molar-refractivity contribution in [1.82, 2.24) is 0 Å². The van der Waals surface area contributed by atoms with E-state index in [0.29, 0.717) is 23.0 Å². The number of carboxylic acid groups (broad SMARTS) is 2. The second-order valence-electron chi connectivity index (χ2n) is 11.5. The van der Waals surface area contributed by atoms with Gasteiger partial charge in [-0.2, -0.15) is 10.2 Å². The Hall–Kier alpha value is -4.71. The van der Waals surface area contributed by atoms with Gasteiger partial charge in [-0.15, -0.1) is 0 Å². The third-order valence-corrected chi connectivity index (χ3v) is 8.49. The van der Waals surface area contributed by atoms with Gasteiger partial charge in [0.1, 0.15) is 20.8 Å². The molecule has 59 heavy (non-hydrogen) atoms. The molecule has 2 aliphatic rings. The number of hydrazone groups is 2. The number of carbonyl (C=O) groups excluding carboxylic acids is 6. The number of carbonyl (C=O) groups is 6. The number of allylic oxidation sites excluding steroid dienone is 6. The summed E-state index contributed by atoms with van der Waals surface area (Å²) in [6.45, 7) is 1.61. The molecule has 5 rings (SSSR count). The standard InChI is InChI=1S/C36H29N7O12S.3Na/c1-18-12-28(30(55-2)17-27(18)43-42-24-15-26(35(49)50)32(45)31(16-24)56(52,53)54)39-33(46)19-4-3-5-22(13-19)38-36(51)37-20-6-8-21(9-7-20)40-41-23-10-11-29(44)25(14-23)34(47)48;;;/h3-17,40,43H,1-2H3,(H,39,46)(H,47,48)(H,49,50)(H2,37,38,51)(H,52,53,54);;;/q;3*+1/p-3/b41-23+,42-24+;;;. The van der Waals surface area contributed by atoms with Crippen LogP contribution in [-0.2, 0) is 29.3 Å². The summed E-state index contributed by atoms with van der Waals surface area (Å²) in [4.78, 5) is 70.8. The number of methoxy groups -OCH3 is 1. The van der Waals surface area contributed by atoms with Crippen molar-refractivity contribution in [3.8, 4) is 5.75 Å². The number of carboxylic acids is 2. The molecule has 0 atom stereocenters.